The number of aliphatic hydroxyl groups excluding tert-OH is 2. The number of nitrogen functional groups attached to an aromatic ring is 1. The van der Waals surface area contributed by atoms with Gasteiger partial charge in [-0.3, -0.25) is 9.36 Å². The molecule has 0 amide bonds. The Hall–Kier alpha value is -4.14. The first-order chi connectivity index (χ1) is 18.0. The number of nitrogens with two attached hydrogens (primary N) is 1. The van der Waals surface area contributed by atoms with Gasteiger partial charge in [-0.15, -0.1) is 0 Å². The van der Waals surface area contributed by atoms with Crippen molar-refractivity contribution in [1.29, 1.82) is 0 Å². The van der Waals surface area contributed by atoms with Crippen molar-refractivity contribution in [2.75, 3.05) is 24.3 Å². The standard InChI is InChI=1S/C23H26N8O6/c1-2-16-27-21(37-30-16)23(18(35-12-33)15(34)10-36-23)31-11-25-17-19(24)28-22(29-20(17)31)26-14(9-32)8-13-6-4-3-5-7-13/h3-7,11-12,14-15,18,32,34H,2,8-10H2,1H3,(H3,24,26,28,29)/t14-,15-,18+,23+/m0/s1. The first kappa shape index (κ1) is 24.5. The number of imidazole rings is 1. The summed E-state index contributed by atoms with van der Waals surface area (Å²) in [4.78, 5) is 29.0. The van der Waals surface area contributed by atoms with Gasteiger partial charge in [0.05, 0.1) is 19.3 Å². The maximum Gasteiger partial charge on any atom is 0.293 e. The van der Waals surface area contributed by atoms with E-state index >= 15 is 0 Å². The van der Waals surface area contributed by atoms with Crippen LogP contribution in [0.25, 0.3) is 11.2 Å². The third kappa shape index (κ3) is 4.34. The summed E-state index contributed by atoms with van der Waals surface area (Å²) in [6, 6.07) is 9.23. The van der Waals surface area contributed by atoms with E-state index in [2.05, 4.69) is 30.4 Å². The second-order valence-electron chi connectivity index (χ2n) is 8.53. The minimum Gasteiger partial charge on any atom is -0.456 e. The third-order valence-electron chi connectivity index (χ3n) is 6.16. The summed E-state index contributed by atoms with van der Waals surface area (Å²) < 4.78 is 18.2. The van der Waals surface area contributed by atoms with Crippen LogP contribution in [0.1, 0.15) is 24.2 Å². The number of carbonyl (C=O) groups excluding carboxylic acids is 1. The lowest BCUT2D eigenvalue weighted by molar-refractivity contribution is -0.157. The molecule has 1 aliphatic heterocycles. The molecule has 4 atom stereocenters. The summed E-state index contributed by atoms with van der Waals surface area (Å²) in [5.41, 5.74) is 5.88. The van der Waals surface area contributed by atoms with E-state index in [1.54, 1.807) is 0 Å². The fraction of sp³-hybridized carbons (Fsp3) is 0.391. The highest BCUT2D eigenvalue weighted by molar-refractivity contribution is 5.83. The van der Waals surface area contributed by atoms with E-state index in [-0.39, 0.29) is 48.5 Å². The van der Waals surface area contributed by atoms with E-state index in [4.69, 9.17) is 19.7 Å². The number of aliphatic hydroxyl groups is 2. The number of nitrogens with one attached hydrogen (secondary N) is 1. The van der Waals surface area contributed by atoms with Crippen LogP contribution in [-0.2, 0) is 32.8 Å². The highest BCUT2D eigenvalue weighted by Gasteiger charge is 2.59. The topological polar surface area (TPSA) is 197 Å². The summed E-state index contributed by atoms with van der Waals surface area (Å²) in [5.74, 6) is 0.514. The van der Waals surface area contributed by atoms with E-state index in [0.29, 0.717) is 18.7 Å². The third-order valence-corrected chi connectivity index (χ3v) is 6.16. The lowest BCUT2D eigenvalue weighted by Gasteiger charge is -2.31. The molecule has 0 unspecified atom stereocenters. The number of aromatic nitrogens is 6. The average molecular weight is 511 g/mol. The Labute approximate surface area is 210 Å². The van der Waals surface area contributed by atoms with Crippen LogP contribution in [0.15, 0.2) is 41.2 Å². The molecule has 3 aromatic heterocycles. The van der Waals surface area contributed by atoms with Gasteiger partial charge in [-0.25, -0.2) is 4.98 Å². The number of aryl methyl sites for hydroxylation is 1. The number of ether oxygens (including phenoxy) is 2. The van der Waals surface area contributed by atoms with Crippen LogP contribution in [0.4, 0.5) is 11.8 Å². The number of hydrogen-bond donors (Lipinski definition) is 4. The zero-order chi connectivity index (χ0) is 26.0. The lowest BCUT2D eigenvalue weighted by Crippen LogP contribution is -2.48. The maximum atomic E-state index is 11.4. The Morgan fingerprint density at radius 2 is 2.14 bits per heavy atom. The largest absolute Gasteiger partial charge is 0.456 e. The van der Waals surface area contributed by atoms with Gasteiger partial charge in [-0.05, 0) is 12.0 Å². The number of anilines is 2. The average Bonchev–Trinajstić information content (AvgIpc) is 3.63. The molecule has 0 saturated carbocycles. The normalized spacial score (nSPS) is 22.2. The molecule has 194 valence electrons. The highest BCUT2D eigenvalue weighted by Crippen LogP contribution is 2.41. The molecule has 5 N–H and O–H groups in total. The molecule has 1 saturated heterocycles. The molecule has 4 heterocycles. The molecule has 1 fully saturated rings. The number of hydrogen-bond acceptors (Lipinski definition) is 13. The summed E-state index contributed by atoms with van der Waals surface area (Å²) in [6.07, 6.45) is -0.125. The molecule has 4 aromatic rings. The Balaban J connectivity index is 1.59. The van der Waals surface area contributed by atoms with Gasteiger partial charge in [0.15, 0.2) is 23.4 Å². The monoisotopic (exact) mass is 510 g/mol. The van der Waals surface area contributed by atoms with E-state index in [1.165, 1.54) is 10.9 Å². The number of nitrogens with zero attached hydrogens (tertiary/aromatic N) is 6. The zero-order valence-electron chi connectivity index (χ0n) is 19.9. The molecule has 0 spiro atoms. The first-order valence-electron chi connectivity index (χ1n) is 11.7. The van der Waals surface area contributed by atoms with Crippen LogP contribution in [0, 0.1) is 0 Å². The van der Waals surface area contributed by atoms with Gasteiger partial charge >= 0.3 is 0 Å². The summed E-state index contributed by atoms with van der Waals surface area (Å²) in [6.45, 7) is 1.67. The SMILES string of the molecule is CCc1noc([C@]2(n3cnc4c(N)nc(N[C@H](CO)Cc5ccccc5)nc43)OC[C@H](O)[C@H]2OC=O)n1. The van der Waals surface area contributed by atoms with Gasteiger partial charge < -0.3 is 35.3 Å². The van der Waals surface area contributed by atoms with Gasteiger partial charge in [0, 0.05) is 6.42 Å². The highest BCUT2D eigenvalue weighted by atomic mass is 16.6. The molecular formula is C23H26N8O6. The molecule has 0 bridgehead atoms. The van der Waals surface area contributed by atoms with E-state index in [1.807, 2.05) is 37.3 Å². The maximum absolute atomic E-state index is 11.4. The van der Waals surface area contributed by atoms with Gasteiger partial charge in [0.2, 0.25) is 5.95 Å². The van der Waals surface area contributed by atoms with E-state index < -0.39 is 24.0 Å². The fourth-order valence-corrected chi connectivity index (χ4v) is 4.39. The van der Waals surface area contributed by atoms with Crippen LogP contribution in [0.5, 0.6) is 0 Å². The van der Waals surface area contributed by atoms with Crippen LogP contribution < -0.4 is 11.1 Å². The zero-order valence-corrected chi connectivity index (χ0v) is 19.9. The quantitative estimate of drug-likeness (QED) is 0.208. The molecule has 14 heteroatoms. The van der Waals surface area contributed by atoms with Crippen molar-refractivity contribution in [3.05, 3.63) is 53.9 Å². The van der Waals surface area contributed by atoms with Crippen molar-refractivity contribution in [2.45, 2.75) is 43.7 Å². The van der Waals surface area contributed by atoms with Crippen molar-refractivity contribution < 1.29 is 29.0 Å². The van der Waals surface area contributed by atoms with Gasteiger partial charge in [-0.2, -0.15) is 15.0 Å². The Morgan fingerprint density at radius 1 is 1.32 bits per heavy atom. The second-order valence-corrected chi connectivity index (χ2v) is 8.53. The molecule has 0 radical (unpaired) electrons. The van der Waals surface area contributed by atoms with Crippen molar-refractivity contribution in [2.24, 2.45) is 0 Å². The molecule has 1 aromatic carbocycles. The lowest BCUT2D eigenvalue weighted by atomic mass is 10.0. The Morgan fingerprint density at radius 3 is 2.84 bits per heavy atom. The second kappa shape index (κ2) is 10.1. The van der Waals surface area contributed by atoms with Crippen molar-refractivity contribution in [3.8, 4) is 0 Å². The number of carbonyl (C=O) groups is 1. The molecule has 37 heavy (non-hydrogen) atoms. The molecule has 1 aliphatic rings. The number of rotatable bonds is 10. The smallest absolute Gasteiger partial charge is 0.293 e. The summed E-state index contributed by atoms with van der Waals surface area (Å²) >= 11 is 0. The fourth-order valence-electron chi connectivity index (χ4n) is 4.39. The number of fused-ring (bicyclic) bond motifs is 1. The Bertz CT molecular complexity index is 1380. The van der Waals surface area contributed by atoms with Crippen molar-refractivity contribution in [3.63, 3.8) is 0 Å². The minimum atomic E-state index is -1.77. The van der Waals surface area contributed by atoms with Gasteiger partial charge in [0.1, 0.15) is 17.9 Å². The molecule has 0 aliphatic carbocycles. The van der Waals surface area contributed by atoms with Crippen LogP contribution in [0.3, 0.4) is 0 Å². The molecule has 5 rings (SSSR count). The number of benzene rings is 1. The molecular weight excluding hydrogens is 484 g/mol. The van der Waals surface area contributed by atoms with Crippen LogP contribution in [-0.4, -0.2) is 77.8 Å². The van der Waals surface area contributed by atoms with Crippen molar-refractivity contribution >= 4 is 29.4 Å². The van der Waals surface area contributed by atoms with E-state index in [0.717, 1.165) is 5.56 Å². The van der Waals surface area contributed by atoms with Crippen molar-refractivity contribution in [1.82, 2.24) is 29.7 Å². The van der Waals surface area contributed by atoms with Gasteiger partial charge in [-0.1, -0.05) is 42.4 Å². The van der Waals surface area contributed by atoms with Crippen LogP contribution >= 0.6 is 0 Å². The summed E-state index contributed by atoms with van der Waals surface area (Å²) in [5, 5.41) is 27.6. The first-order valence-corrected chi connectivity index (χ1v) is 11.7. The Kier molecular flexibility index (Phi) is 6.69. The predicted molar refractivity (Wildman–Crippen MR) is 128 cm³/mol. The van der Waals surface area contributed by atoms with Gasteiger partial charge in [0.25, 0.3) is 18.1 Å². The van der Waals surface area contributed by atoms with E-state index in [9.17, 15) is 15.0 Å². The molecule has 14 nitrogen and oxygen atoms in total. The predicted octanol–water partition coefficient (Wildman–Crippen LogP) is 0.00320. The van der Waals surface area contributed by atoms with Crippen LogP contribution in [0.2, 0.25) is 0 Å². The minimum absolute atomic E-state index is 0.0592. The summed E-state index contributed by atoms with van der Waals surface area (Å²) in [7, 11) is 0.